The fraction of sp³-hybridized carbons (Fsp3) is 0.333. The molecule has 0 unspecified atom stereocenters. The Hall–Kier alpha value is -1.83. The van der Waals surface area contributed by atoms with Crippen molar-refractivity contribution in [1.29, 1.82) is 0 Å². The second kappa shape index (κ2) is 6.56. The average molecular weight is 284 g/mol. The Balaban J connectivity index is 1.72. The van der Waals surface area contributed by atoms with Crippen LogP contribution in [0.25, 0.3) is 0 Å². The molecule has 0 saturated heterocycles. The van der Waals surface area contributed by atoms with Crippen molar-refractivity contribution in [2.45, 2.75) is 19.5 Å². The molecule has 0 bridgehead atoms. The summed E-state index contributed by atoms with van der Waals surface area (Å²) in [6, 6.07) is 9.65. The predicted molar refractivity (Wildman–Crippen MR) is 68.9 cm³/mol. The first-order valence-electron chi connectivity index (χ1n) is 6.24. The van der Waals surface area contributed by atoms with E-state index in [0.29, 0.717) is 25.3 Å². The second-order valence-electron chi connectivity index (χ2n) is 4.43. The average Bonchev–Trinajstić information content (AvgIpc) is 2.81. The molecule has 8 heteroatoms. The molecule has 2 rings (SSSR count). The van der Waals surface area contributed by atoms with Crippen molar-refractivity contribution in [2.24, 2.45) is 0 Å². The summed E-state index contributed by atoms with van der Waals surface area (Å²) in [5.74, 6) is 0. The van der Waals surface area contributed by atoms with Crippen LogP contribution < -0.4 is 0 Å². The number of nitrogens with zero attached hydrogens (tertiary/aromatic N) is 3. The van der Waals surface area contributed by atoms with Crippen molar-refractivity contribution in [3.05, 3.63) is 47.8 Å². The number of ether oxygens (including phenoxy) is 1. The van der Waals surface area contributed by atoms with E-state index in [4.69, 9.17) is 4.74 Å². The fourth-order valence-electron chi connectivity index (χ4n) is 1.70. The number of aromatic nitrogens is 3. The number of hydrogen-bond acceptors (Lipinski definition) is 3. The lowest BCUT2D eigenvalue weighted by atomic mass is 9.93. The van der Waals surface area contributed by atoms with E-state index in [1.807, 2.05) is 30.3 Å². The van der Waals surface area contributed by atoms with Gasteiger partial charge >= 0.3 is 6.98 Å². The third-order valence-electron chi connectivity index (χ3n) is 2.59. The van der Waals surface area contributed by atoms with Crippen LogP contribution in [0.3, 0.4) is 0 Å². The van der Waals surface area contributed by atoms with Crippen LogP contribution in [0, 0.1) is 0 Å². The molecule has 2 aromatic rings. The molecule has 0 atom stereocenters. The lowest BCUT2D eigenvalue weighted by Gasteiger charge is -2.11. The van der Waals surface area contributed by atoms with Gasteiger partial charge in [0.15, 0.2) is 0 Å². The van der Waals surface area contributed by atoms with E-state index in [2.05, 4.69) is 10.3 Å². The Kier molecular flexibility index (Phi) is 4.78. The summed E-state index contributed by atoms with van der Waals surface area (Å²) in [5.41, 5.74) is 1.55. The largest absolute Gasteiger partial charge is 0.499 e. The normalized spacial score (nSPS) is 11.8. The van der Waals surface area contributed by atoms with Gasteiger partial charge in [-0.25, -0.2) is 0 Å². The standard InChI is InChI=1S/C12H14BF3N3O/c14-13(15,16)10-19-8-12(17-18-19)6-7-20-9-11-4-2-1-3-5-11/h1-5,8H,6-7,9-10H2/q-1. The van der Waals surface area contributed by atoms with Gasteiger partial charge in [-0.15, -0.1) is 5.10 Å². The maximum atomic E-state index is 12.2. The van der Waals surface area contributed by atoms with Crippen molar-refractivity contribution in [1.82, 2.24) is 15.0 Å². The lowest BCUT2D eigenvalue weighted by Crippen LogP contribution is -2.24. The Morgan fingerprint density at radius 3 is 2.60 bits per heavy atom. The van der Waals surface area contributed by atoms with E-state index in [-0.39, 0.29) is 0 Å². The van der Waals surface area contributed by atoms with E-state index < -0.39 is 13.4 Å². The van der Waals surface area contributed by atoms with Crippen LogP contribution in [0.2, 0.25) is 0 Å². The SMILES string of the molecule is F[B-](F)(F)Cn1cc(CCOCc2ccccc2)nn1. The molecule has 0 fully saturated rings. The highest BCUT2D eigenvalue weighted by Crippen LogP contribution is 2.10. The van der Waals surface area contributed by atoms with Gasteiger partial charge in [0.2, 0.25) is 0 Å². The molecule has 0 spiro atoms. The smallest absolute Gasteiger partial charge is 0.448 e. The maximum Gasteiger partial charge on any atom is 0.499 e. The highest BCUT2D eigenvalue weighted by molar-refractivity contribution is 6.57. The molecule has 0 saturated carbocycles. The van der Waals surface area contributed by atoms with E-state index in [0.717, 1.165) is 10.2 Å². The first-order valence-corrected chi connectivity index (χ1v) is 6.24. The minimum absolute atomic E-state index is 0.394. The van der Waals surface area contributed by atoms with Gasteiger partial charge in [0.25, 0.3) is 0 Å². The third-order valence-corrected chi connectivity index (χ3v) is 2.59. The van der Waals surface area contributed by atoms with Crippen LogP contribution >= 0.6 is 0 Å². The number of benzene rings is 1. The zero-order valence-electron chi connectivity index (χ0n) is 10.8. The molecular weight excluding hydrogens is 270 g/mol. The summed E-state index contributed by atoms with van der Waals surface area (Å²) in [6.45, 7) is -4.03. The molecule has 0 N–H and O–H groups in total. The van der Waals surface area contributed by atoms with Crippen LogP contribution in [0.5, 0.6) is 0 Å². The Bertz CT molecular complexity index is 530. The summed E-state index contributed by atoms with van der Waals surface area (Å²) < 4.78 is 42.8. The van der Waals surface area contributed by atoms with Gasteiger partial charge in [-0.3, -0.25) is 4.68 Å². The Morgan fingerprint density at radius 1 is 1.15 bits per heavy atom. The van der Waals surface area contributed by atoms with Crippen molar-refractivity contribution < 1.29 is 17.7 Å². The van der Waals surface area contributed by atoms with E-state index in [1.54, 1.807) is 0 Å². The zero-order valence-corrected chi connectivity index (χ0v) is 10.8. The van der Waals surface area contributed by atoms with Crippen molar-refractivity contribution >= 4 is 6.98 Å². The summed E-state index contributed by atoms with van der Waals surface area (Å²) >= 11 is 0. The monoisotopic (exact) mass is 284 g/mol. The molecule has 0 amide bonds. The first kappa shape index (κ1) is 14.6. The topological polar surface area (TPSA) is 39.9 Å². The van der Waals surface area contributed by atoms with Crippen LogP contribution in [0.1, 0.15) is 11.3 Å². The summed E-state index contributed by atoms with van der Waals surface area (Å²) in [6.07, 6.45) is 0.691. The molecule has 1 aromatic heterocycles. The van der Waals surface area contributed by atoms with Crippen LogP contribution in [-0.2, 0) is 24.2 Å². The van der Waals surface area contributed by atoms with Crippen molar-refractivity contribution in [2.75, 3.05) is 6.61 Å². The molecule has 1 aromatic carbocycles. The van der Waals surface area contributed by atoms with Crippen LogP contribution in [-0.4, -0.2) is 28.6 Å². The summed E-state index contributed by atoms with van der Waals surface area (Å²) in [7, 11) is 0. The molecule has 4 nitrogen and oxygen atoms in total. The van der Waals surface area contributed by atoms with Gasteiger partial charge in [0, 0.05) is 19.1 Å². The van der Waals surface area contributed by atoms with E-state index in [9.17, 15) is 12.9 Å². The van der Waals surface area contributed by atoms with Gasteiger partial charge in [0.05, 0.1) is 18.9 Å². The Labute approximate surface area is 114 Å². The van der Waals surface area contributed by atoms with E-state index >= 15 is 0 Å². The number of halogens is 3. The highest BCUT2D eigenvalue weighted by atomic mass is 19.4. The highest BCUT2D eigenvalue weighted by Gasteiger charge is 2.24. The molecule has 108 valence electrons. The number of rotatable bonds is 7. The van der Waals surface area contributed by atoms with E-state index in [1.165, 1.54) is 6.20 Å². The van der Waals surface area contributed by atoms with Gasteiger partial charge in [-0.2, -0.15) is 0 Å². The van der Waals surface area contributed by atoms with Gasteiger partial charge < -0.3 is 17.7 Å². The third kappa shape index (κ3) is 5.04. The summed E-state index contributed by atoms with van der Waals surface area (Å²) in [4.78, 5) is 0. The molecule has 0 radical (unpaired) electrons. The van der Waals surface area contributed by atoms with Crippen molar-refractivity contribution in [3.8, 4) is 0 Å². The number of hydrogen-bond donors (Lipinski definition) is 0. The van der Waals surface area contributed by atoms with Crippen molar-refractivity contribution in [3.63, 3.8) is 0 Å². The molecule has 0 aliphatic rings. The minimum atomic E-state index is -4.89. The van der Waals surface area contributed by atoms with Gasteiger partial charge in [-0.1, -0.05) is 35.5 Å². The summed E-state index contributed by atoms with van der Waals surface area (Å²) in [5, 5.41) is 7.13. The maximum absolute atomic E-state index is 12.2. The molecule has 20 heavy (non-hydrogen) atoms. The molecular formula is C12H14BF3N3O-. The fourth-order valence-corrected chi connectivity index (χ4v) is 1.70. The molecule has 0 aliphatic heterocycles. The first-order chi connectivity index (χ1) is 9.53. The quantitative estimate of drug-likeness (QED) is 0.579. The van der Waals surface area contributed by atoms with Crippen LogP contribution in [0.4, 0.5) is 12.9 Å². The second-order valence-corrected chi connectivity index (χ2v) is 4.43. The zero-order chi connectivity index (χ0) is 14.4. The Morgan fingerprint density at radius 2 is 1.90 bits per heavy atom. The van der Waals surface area contributed by atoms with Gasteiger partial charge in [0.1, 0.15) is 0 Å². The minimum Gasteiger partial charge on any atom is -0.448 e. The molecule has 0 aliphatic carbocycles. The molecule has 1 heterocycles. The van der Waals surface area contributed by atoms with Gasteiger partial charge in [-0.05, 0) is 5.56 Å². The lowest BCUT2D eigenvalue weighted by molar-refractivity contribution is 0.123. The van der Waals surface area contributed by atoms with Crippen LogP contribution in [0.15, 0.2) is 36.5 Å². The predicted octanol–water partition coefficient (Wildman–Crippen LogP) is 2.42.